The van der Waals surface area contributed by atoms with Crippen LogP contribution < -0.4 is 9.47 Å². The standard InChI is InChI=1S/C20H15N3O2/c1-3-11-25-19-14(7-6-10-18(19)24-2)12-15(13-21)20-22-16-8-4-5-9-17(16)23-20/h1,4-10,12H,11H2,2H3,(H,22,23)/b15-12+. The van der Waals surface area contributed by atoms with Crippen LogP contribution in [0.25, 0.3) is 22.7 Å². The number of hydrogen-bond acceptors (Lipinski definition) is 4. The molecule has 0 bridgehead atoms. The van der Waals surface area contributed by atoms with Crippen molar-refractivity contribution in [3.8, 4) is 29.9 Å². The Morgan fingerprint density at radius 1 is 1.28 bits per heavy atom. The second-order valence-corrected chi connectivity index (χ2v) is 5.14. The number of nitriles is 1. The lowest BCUT2D eigenvalue weighted by Crippen LogP contribution is -1.99. The molecule has 0 atom stereocenters. The number of methoxy groups -OCH3 is 1. The summed E-state index contributed by atoms with van der Waals surface area (Å²) in [6.45, 7) is 0.105. The van der Waals surface area contributed by atoms with E-state index in [4.69, 9.17) is 15.9 Å². The maximum Gasteiger partial charge on any atom is 0.169 e. The van der Waals surface area contributed by atoms with Crippen molar-refractivity contribution in [2.45, 2.75) is 0 Å². The molecule has 122 valence electrons. The number of hydrogen-bond donors (Lipinski definition) is 1. The molecule has 2 aromatic carbocycles. The van der Waals surface area contributed by atoms with Crippen molar-refractivity contribution in [3.05, 3.63) is 53.9 Å². The molecule has 5 heteroatoms. The molecule has 0 aliphatic carbocycles. The Morgan fingerprint density at radius 3 is 2.84 bits per heavy atom. The monoisotopic (exact) mass is 329 g/mol. The second kappa shape index (κ2) is 7.25. The zero-order valence-corrected chi connectivity index (χ0v) is 13.6. The van der Waals surface area contributed by atoms with E-state index in [0.717, 1.165) is 11.0 Å². The first-order valence-electron chi connectivity index (χ1n) is 7.57. The van der Waals surface area contributed by atoms with Gasteiger partial charge in [0.1, 0.15) is 18.5 Å². The van der Waals surface area contributed by atoms with Gasteiger partial charge in [-0.05, 0) is 24.3 Å². The normalized spacial score (nSPS) is 10.9. The minimum atomic E-state index is 0.105. The van der Waals surface area contributed by atoms with Crippen LogP contribution in [-0.4, -0.2) is 23.7 Å². The topological polar surface area (TPSA) is 70.9 Å². The van der Waals surface area contributed by atoms with Crippen molar-refractivity contribution in [2.75, 3.05) is 13.7 Å². The fourth-order valence-electron chi connectivity index (χ4n) is 2.46. The molecule has 1 heterocycles. The highest BCUT2D eigenvalue weighted by molar-refractivity contribution is 5.91. The molecule has 1 N–H and O–H groups in total. The van der Waals surface area contributed by atoms with Crippen molar-refractivity contribution in [3.63, 3.8) is 0 Å². The summed E-state index contributed by atoms with van der Waals surface area (Å²) < 4.78 is 10.9. The van der Waals surface area contributed by atoms with Crippen molar-refractivity contribution in [1.82, 2.24) is 9.97 Å². The Bertz CT molecular complexity index is 986. The molecule has 0 aliphatic heterocycles. The van der Waals surface area contributed by atoms with E-state index in [1.165, 1.54) is 0 Å². The third-order valence-corrected chi connectivity index (χ3v) is 3.59. The molecule has 0 saturated heterocycles. The van der Waals surface area contributed by atoms with E-state index in [1.54, 1.807) is 19.3 Å². The van der Waals surface area contributed by atoms with Crippen LogP contribution in [0.5, 0.6) is 11.5 Å². The van der Waals surface area contributed by atoms with Gasteiger partial charge in [0.05, 0.1) is 23.7 Å². The molecule has 0 fully saturated rings. The highest BCUT2D eigenvalue weighted by Gasteiger charge is 2.12. The van der Waals surface area contributed by atoms with Crippen LogP contribution >= 0.6 is 0 Å². The molecule has 0 unspecified atom stereocenters. The number of allylic oxidation sites excluding steroid dienone is 1. The molecule has 0 saturated carbocycles. The maximum atomic E-state index is 9.58. The summed E-state index contributed by atoms with van der Waals surface area (Å²) in [5, 5.41) is 9.58. The van der Waals surface area contributed by atoms with E-state index < -0.39 is 0 Å². The molecule has 25 heavy (non-hydrogen) atoms. The van der Waals surface area contributed by atoms with E-state index in [0.29, 0.717) is 28.5 Å². The molecule has 0 spiro atoms. The van der Waals surface area contributed by atoms with Crippen molar-refractivity contribution < 1.29 is 9.47 Å². The fourth-order valence-corrected chi connectivity index (χ4v) is 2.46. The lowest BCUT2D eigenvalue weighted by molar-refractivity contribution is 0.330. The van der Waals surface area contributed by atoms with Gasteiger partial charge in [0.2, 0.25) is 0 Å². The Balaban J connectivity index is 2.08. The van der Waals surface area contributed by atoms with Gasteiger partial charge < -0.3 is 14.5 Å². The van der Waals surface area contributed by atoms with Crippen molar-refractivity contribution in [1.29, 1.82) is 5.26 Å². The second-order valence-electron chi connectivity index (χ2n) is 5.14. The largest absolute Gasteiger partial charge is 0.493 e. The summed E-state index contributed by atoms with van der Waals surface area (Å²) in [7, 11) is 1.55. The third kappa shape index (κ3) is 3.31. The average molecular weight is 329 g/mol. The first-order valence-corrected chi connectivity index (χ1v) is 7.57. The summed E-state index contributed by atoms with van der Waals surface area (Å²) >= 11 is 0. The van der Waals surface area contributed by atoms with Crippen LogP contribution in [0.15, 0.2) is 42.5 Å². The minimum Gasteiger partial charge on any atom is -0.493 e. The van der Waals surface area contributed by atoms with Crippen LogP contribution in [0, 0.1) is 23.7 Å². The number of fused-ring (bicyclic) bond motifs is 1. The highest BCUT2D eigenvalue weighted by atomic mass is 16.5. The van der Waals surface area contributed by atoms with Crippen LogP contribution in [0.3, 0.4) is 0 Å². The maximum absolute atomic E-state index is 9.58. The SMILES string of the molecule is C#CCOc1c(/C=C(\C#N)c2nc3ccccc3[nH]2)cccc1OC. The van der Waals surface area contributed by atoms with Gasteiger partial charge in [-0.2, -0.15) is 5.26 Å². The number of nitrogens with zero attached hydrogens (tertiary/aromatic N) is 2. The molecule has 1 aromatic heterocycles. The lowest BCUT2D eigenvalue weighted by Gasteiger charge is -2.11. The minimum absolute atomic E-state index is 0.105. The number of terminal acetylenes is 1. The lowest BCUT2D eigenvalue weighted by atomic mass is 10.1. The molecule has 0 aliphatic rings. The van der Waals surface area contributed by atoms with Gasteiger partial charge in [-0.1, -0.05) is 30.2 Å². The van der Waals surface area contributed by atoms with Crippen LogP contribution in [0.4, 0.5) is 0 Å². The summed E-state index contributed by atoms with van der Waals surface area (Å²) in [5.74, 6) is 3.96. The van der Waals surface area contributed by atoms with Gasteiger partial charge in [-0.25, -0.2) is 4.98 Å². The Labute approximate surface area is 145 Å². The summed E-state index contributed by atoms with van der Waals surface area (Å²) in [5.41, 5.74) is 2.74. The van der Waals surface area contributed by atoms with Gasteiger partial charge in [0.15, 0.2) is 11.5 Å². The van der Waals surface area contributed by atoms with Gasteiger partial charge in [-0.3, -0.25) is 0 Å². The molecule has 3 rings (SSSR count). The number of ether oxygens (including phenoxy) is 2. The number of rotatable bonds is 5. The van der Waals surface area contributed by atoms with Crippen molar-refractivity contribution in [2.24, 2.45) is 0 Å². The van der Waals surface area contributed by atoms with Crippen LogP contribution in [-0.2, 0) is 0 Å². The Hall–Kier alpha value is -3.70. The Morgan fingerprint density at radius 2 is 2.12 bits per heavy atom. The highest BCUT2D eigenvalue weighted by Crippen LogP contribution is 2.33. The average Bonchev–Trinajstić information content (AvgIpc) is 3.08. The summed E-state index contributed by atoms with van der Waals surface area (Å²) in [6, 6.07) is 15.2. The van der Waals surface area contributed by atoms with Crippen LogP contribution in [0.2, 0.25) is 0 Å². The number of benzene rings is 2. The number of imidazole rings is 1. The number of aromatic amines is 1. The Kier molecular flexibility index (Phi) is 4.69. The fraction of sp³-hybridized carbons (Fsp3) is 0.100. The van der Waals surface area contributed by atoms with Gasteiger partial charge in [0, 0.05) is 5.56 Å². The summed E-state index contributed by atoms with van der Waals surface area (Å²) in [6.07, 6.45) is 6.98. The number of H-pyrrole nitrogens is 1. The van der Waals surface area contributed by atoms with Gasteiger partial charge >= 0.3 is 0 Å². The predicted octanol–water partition coefficient (Wildman–Crippen LogP) is 3.65. The summed E-state index contributed by atoms with van der Waals surface area (Å²) in [4.78, 5) is 7.62. The van der Waals surface area contributed by atoms with Gasteiger partial charge in [0.25, 0.3) is 0 Å². The van der Waals surface area contributed by atoms with Gasteiger partial charge in [-0.15, -0.1) is 6.42 Å². The quantitative estimate of drug-likeness (QED) is 0.573. The number of para-hydroxylation sites is 3. The molecular weight excluding hydrogens is 314 g/mol. The van der Waals surface area contributed by atoms with E-state index in [1.807, 2.05) is 36.4 Å². The number of aromatic nitrogens is 2. The molecule has 5 nitrogen and oxygen atoms in total. The van der Waals surface area contributed by atoms with Crippen LogP contribution in [0.1, 0.15) is 11.4 Å². The van der Waals surface area contributed by atoms with E-state index in [-0.39, 0.29) is 6.61 Å². The smallest absolute Gasteiger partial charge is 0.169 e. The molecular formula is C20H15N3O2. The first kappa shape index (κ1) is 16.2. The van der Waals surface area contributed by atoms with Crippen molar-refractivity contribution >= 4 is 22.7 Å². The number of nitrogens with one attached hydrogen (secondary N) is 1. The van der Waals surface area contributed by atoms with E-state index >= 15 is 0 Å². The third-order valence-electron chi connectivity index (χ3n) is 3.59. The predicted molar refractivity (Wildman–Crippen MR) is 96.9 cm³/mol. The molecule has 0 radical (unpaired) electrons. The van der Waals surface area contributed by atoms with E-state index in [2.05, 4.69) is 22.0 Å². The zero-order chi connectivity index (χ0) is 17.6. The zero-order valence-electron chi connectivity index (χ0n) is 13.6. The first-order chi connectivity index (χ1) is 12.3. The molecule has 3 aromatic rings. The van der Waals surface area contributed by atoms with E-state index in [9.17, 15) is 5.26 Å². The molecule has 0 amide bonds.